The van der Waals surface area contributed by atoms with Crippen molar-refractivity contribution in [3.63, 3.8) is 0 Å². The van der Waals surface area contributed by atoms with E-state index >= 15 is 0 Å². The van der Waals surface area contributed by atoms with Crippen LogP contribution in [0.25, 0.3) is 0 Å². The summed E-state index contributed by atoms with van der Waals surface area (Å²) in [6, 6.07) is -0.0750. The van der Waals surface area contributed by atoms with Gasteiger partial charge in [0.2, 0.25) is 6.43 Å². The van der Waals surface area contributed by atoms with Crippen LogP contribution in [0.4, 0.5) is 8.78 Å². The van der Waals surface area contributed by atoms with Crippen LogP contribution in [0.5, 0.6) is 0 Å². The van der Waals surface area contributed by atoms with Gasteiger partial charge >= 0.3 is 0 Å². The fraction of sp³-hybridized carbons (Fsp3) is 1.00. The zero-order valence-corrected chi connectivity index (χ0v) is 5.69. The number of halogens is 2. The predicted octanol–water partition coefficient (Wildman–Crippen LogP) is 0.188. The van der Waals surface area contributed by atoms with Crippen molar-refractivity contribution in [3.05, 3.63) is 0 Å². The molecule has 0 amide bonds. The molecular formula is C6H12F2N2. The van der Waals surface area contributed by atoms with E-state index in [1.54, 1.807) is 0 Å². The summed E-state index contributed by atoms with van der Waals surface area (Å²) in [4.78, 5) is 0. The molecule has 1 saturated heterocycles. The van der Waals surface area contributed by atoms with Gasteiger partial charge in [-0.3, -0.25) is 0 Å². The van der Waals surface area contributed by atoms with Crippen molar-refractivity contribution in [3.8, 4) is 0 Å². The molecule has 0 bridgehead atoms. The maximum absolute atomic E-state index is 11.8. The number of hydrogen-bond donors (Lipinski definition) is 2. The van der Waals surface area contributed by atoms with Crippen molar-refractivity contribution in [1.82, 2.24) is 5.32 Å². The van der Waals surface area contributed by atoms with Gasteiger partial charge in [0.1, 0.15) is 0 Å². The first-order chi connectivity index (χ1) is 4.70. The normalized spacial score (nSPS) is 33.6. The van der Waals surface area contributed by atoms with Crippen LogP contribution in [-0.2, 0) is 0 Å². The summed E-state index contributed by atoms with van der Waals surface area (Å²) in [6.45, 7) is 1.32. The first-order valence-electron chi connectivity index (χ1n) is 3.44. The largest absolute Gasteiger partial charge is 0.326 e. The summed E-state index contributed by atoms with van der Waals surface area (Å²) in [6.07, 6.45) is -2.27. The molecule has 1 heterocycles. The van der Waals surface area contributed by atoms with Gasteiger partial charge in [0.25, 0.3) is 0 Å². The predicted molar refractivity (Wildman–Crippen MR) is 35.0 cm³/mol. The Bertz CT molecular complexity index is 108. The lowest BCUT2D eigenvalue weighted by molar-refractivity contribution is 0.115. The Balaban J connectivity index is 2.26. The number of rotatable bonds is 2. The van der Waals surface area contributed by atoms with Gasteiger partial charge in [0, 0.05) is 19.0 Å². The van der Waals surface area contributed by atoms with Gasteiger partial charge < -0.3 is 11.1 Å². The van der Waals surface area contributed by atoms with Gasteiger partial charge in [-0.15, -0.1) is 0 Å². The first kappa shape index (κ1) is 7.88. The maximum Gasteiger partial charge on any atom is 0.239 e. The Morgan fingerprint density at radius 3 is 2.60 bits per heavy atom. The molecule has 0 aromatic rings. The molecule has 10 heavy (non-hydrogen) atoms. The fourth-order valence-corrected chi connectivity index (χ4v) is 1.24. The lowest BCUT2D eigenvalue weighted by Gasteiger charge is -2.12. The van der Waals surface area contributed by atoms with Crippen LogP contribution in [0.3, 0.4) is 0 Å². The van der Waals surface area contributed by atoms with Gasteiger partial charge in [-0.1, -0.05) is 0 Å². The lowest BCUT2D eigenvalue weighted by atomic mass is 10.0. The van der Waals surface area contributed by atoms with Crippen molar-refractivity contribution in [1.29, 1.82) is 0 Å². The second-order valence-electron chi connectivity index (χ2n) is 2.71. The van der Waals surface area contributed by atoms with Crippen LogP contribution in [-0.4, -0.2) is 25.6 Å². The SMILES string of the molecule is NC1CNCC1CC(F)F. The number of hydrogen-bond acceptors (Lipinski definition) is 2. The van der Waals surface area contributed by atoms with E-state index in [-0.39, 0.29) is 18.4 Å². The summed E-state index contributed by atoms with van der Waals surface area (Å²) in [7, 11) is 0. The van der Waals surface area contributed by atoms with E-state index < -0.39 is 6.43 Å². The molecule has 4 heteroatoms. The van der Waals surface area contributed by atoms with Crippen LogP contribution in [0.15, 0.2) is 0 Å². The van der Waals surface area contributed by atoms with Crippen LogP contribution in [0, 0.1) is 5.92 Å². The molecule has 2 unspecified atom stereocenters. The second-order valence-corrected chi connectivity index (χ2v) is 2.71. The molecule has 60 valence electrons. The van der Waals surface area contributed by atoms with Crippen LogP contribution >= 0.6 is 0 Å². The highest BCUT2D eigenvalue weighted by Gasteiger charge is 2.26. The quantitative estimate of drug-likeness (QED) is 0.589. The Morgan fingerprint density at radius 2 is 2.20 bits per heavy atom. The van der Waals surface area contributed by atoms with Crippen molar-refractivity contribution < 1.29 is 8.78 Å². The highest BCUT2D eigenvalue weighted by molar-refractivity contribution is 4.83. The Morgan fingerprint density at radius 1 is 1.50 bits per heavy atom. The molecule has 0 aromatic heterocycles. The molecule has 0 radical (unpaired) electrons. The molecule has 0 spiro atoms. The van der Waals surface area contributed by atoms with Crippen molar-refractivity contribution in [2.75, 3.05) is 13.1 Å². The third-order valence-corrected chi connectivity index (χ3v) is 1.87. The summed E-state index contributed by atoms with van der Waals surface area (Å²) in [5.74, 6) is -0.0278. The summed E-state index contributed by atoms with van der Waals surface area (Å²) < 4.78 is 23.6. The zero-order valence-electron chi connectivity index (χ0n) is 5.69. The smallest absolute Gasteiger partial charge is 0.239 e. The summed E-state index contributed by atoms with van der Waals surface area (Å²) >= 11 is 0. The van der Waals surface area contributed by atoms with E-state index in [4.69, 9.17) is 5.73 Å². The average molecular weight is 150 g/mol. The fourth-order valence-electron chi connectivity index (χ4n) is 1.24. The van der Waals surface area contributed by atoms with Crippen molar-refractivity contribution >= 4 is 0 Å². The second kappa shape index (κ2) is 3.25. The monoisotopic (exact) mass is 150 g/mol. The van der Waals surface area contributed by atoms with Gasteiger partial charge in [0.05, 0.1) is 0 Å². The Labute approximate surface area is 58.8 Å². The number of alkyl halides is 2. The third-order valence-electron chi connectivity index (χ3n) is 1.87. The molecule has 1 aliphatic heterocycles. The molecule has 1 rings (SSSR count). The lowest BCUT2D eigenvalue weighted by Crippen LogP contribution is -2.30. The maximum atomic E-state index is 11.8. The third kappa shape index (κ3) is 1.88. The Hall–Kier alpha value is -0.220. The van der Waals surface area contributed by atoms with Gasteiger partial charge in [-0.25, -0.2) is 8.78 Å². The molecular weight excluding hydrogens is 138 g/mol. The average Bonchev–Trinajstić information content (AvgIpc) is 2.15. The molecule has 0 saturated carbocycles. The van der Waals surface area contributed by atoms with E-state index in [0.29, 0.717) is 13.1 Å². The summed E-state index contributed by atoms with van der Waals surface area (Å²) in [5.41, 5.74) is 5.53. The van der Waals surface area contributed by atoms with E-state index in [0.717, 1.165) is 0 Å². The van der Waals surface area contributed by atoms with Crippen LogP contribution < -0.4 is 11.1 Å². The Kier molecular flexibility index (Phi) is 2.56. The highest BCUT2D eigenvalue weighted by atomic mass is 19.3. The van der Waals surface area contributed by atoms with E-state index in [1.807, 2.05) is 0 Å². The topological polar surface area (TPSA) is 38.0 Å². The molecule has 0 aliphatic carbocycles. The number of nitrogens with two attached hydrogens (primary N) is 1. The highest BCUT2D eigenvalue weighted by Crippen LogP contribution is 2.15. The van der Waals surface area contributed by atoms with Crippen molar-refractivity contribution in [2.24, 2.45) is 11.7 Å². The zero-order chi connectivity index (χ0) is 7.56. The van der Waals surface area contributed by atoms with Gasteiger partial charge in [0.15, 0.2) is 0 Å². The van der Waals surface area contributed by atoms with Crippen molar-refractivity contribution in [2.45, 2.75) is 18.9 Å². The molecule has 3 N–H and O–H groups in total. The molecule has 2 nitrogen and oxygen atoms in total. The van der Waals surface area contributed by atoms with Gasteiger partial charge in [-0.2, -0.15) is 0 Å². The number of nitrogens with one attached hydrogen (secondary N) is 1. The molecule has 2 atom stereocenters. The molecule has 1 aliphatic rings. The first-order valence-corrected chi connectivity index (χ1v) is 3.44. The molecule has 1 fully saturated rings. The van der Waals surface area contributed by atoms with Crippen LogP contribution in [0.1, 0.15) is 6.42 Å². The van der Waals surface area contributed by atoms with E-state index in [9.17, 15) is 8.78 Å². The van der Waals surface area contributed by atoms with Crippen LogP contribution in [0.2, 0.25) is 0 Å². The minimum absolute atomic E-state index is 0.0278. The standard InChI is InChI=1S/C6H12F2N2/c7-6(8)1-4-2-10-3-5(4)9/h4-6,10H,1-3,9H2. The van der Waals surface area contributed by atoms with E-state index in [2.05, 4.69) is 5.32 Å². The van der Waals surface area contributed by atoms with E-state index in [1.165, 1.54) is 0 Å². The minimum atomic E-state index is -2.21. The minimum Gasteiger partial charge on any atom is -0.326 e. The summed E-state index contributed by atoms with van der Waals surface area (Å²) in [5, 5.41) is 2.97. The van der Waals surface area contributed by atoms with Gasteiger partial charge in [-0.05, 0) is 12.5 Å². The molecule has 0 aromatic carbocycles.